The Balaban J connectivity index is 1.47. The lowest BCUT2D eigenvalue weighted by Crippen LogP contribution is -2.22. The summed E-state index contributed by atoms with van der Waals surface area (Å²) in [5.41, 5.74) is 8.18. The van der Waals surface area contributed by atoms with Crippen LogP contribution in [0, 0.1) is 11.3 Å². The molecule has 10 heteroatoms. The van der Waals surface area contributed by atoms with Crippen molar-refractivity contribution in [3.63, 3.8) is 0 Å². The maximum absolute atomic E-state index is 11.1. The van der Waals surface area contributed by atoms with Crippen molar-refractivity contribution in [3.8, 4) is 29.1 Å². The van der Waals surface area contributed by atoms with Crippen LogP contribution < -0.4 is 30.6 Å². The van der Waals surface area contributed by atoms with Crippen molar-refractivity contribution >= 4 is 34.0 Å². The van der Waals surface area contributed by atoms with Gasteiger partial charge in [0.05, 0.1) is 30.5 Å². The molecule has 1 aromatic heterocycles. The number of pyridine rings is 1. The molecule has 4 aromatic rings. The lowest BCUT2D eigenvalue weighted by Gasteiger charge is -2.18. The van der Waals surface area contributed by atoms with E-state index in [1.807, 2.05) is 24.3 Å². The fourth-order valence-corrected chi connectivity index (χ4v) is 4.62. The molecule has 0 saturated heterocycles. The van der Waals surface area contributed by atoms with Crippen molar-refractivity contribution in [2.24, 2.45) is 5.73 Å². The minimum Gasteiger partial charge on any atom is -0.493 e. The third-order valence-electron chi connectivity index (χ3n) is 6.82. The number of rotatable bonds is 15. The molecule has 0 bridgehead atoms. The second-order valence-corrected chi connectivity index (χ2v) is 10.2. The average Bonchev–Trinajstić information content (AvgIpc) is 3.00. The molecule has 2 amide bonds. The summed E-state index contributed by atoms with van der Waals surface area (Å²) in [5.74, 6) is 2.32. The molecular formula is C33H38N6O4. The molecule has 0 aliphatic rings. The van der Waals surface area contributed by atoms with Crippen LogP contribution in [-0.4, -0.2) is 49.8 Å². The number of hydrogen-bond acceptors (Lipinski definition) is 8. The minimum absolute atomic E-state index is 0.397. The summed E-state index contributed by atoms with van der Waals surface area (Å²) in [6.07, 6.45) is 6.13. The van der Waals surface area contributed by atoms with Gasteiger partial charge in [0.1, 0.15) is 17.6 Å². The molecule has 0 aliphatic carbocycles. The Labute approximate surface area is 252 Å². The van der Waals surface area contributed by atoms with Crippen molar-refractivity contribution < 1.29 is 19.0 Å². The number of aromatic nitrogens is 1. The zero-order valence-corrected chi connectivity index (χ0v) is 24.9. The van der Waals surface area contributed by atoms with Gasteiger partial charge in [-0.1, -0.05) is 25.8 Å². The first-order valence-electron chi connectivity index (χ1n) is 14.3. The molecule has 0 atom stereocenters. The molecule has 0 fully saturated rings. The Bertz CT molecular complexity index is 1570. The van der Waals surface area contributed by atoms with Gasteiger partial charge in [0, 0.05) is 41.6 Å². The van der Waals surface area contributed by atoms with E-state index in [1.54, 1.807) is 49.7 Å². The summed E-state index contributed by atoms with van der Waals surface area (Å²) < 4.78 is 17.7. The highest BCUT2D eigenvalue weighted by Gasteiger charge is 2.15. The van der Waals surface area contributed by atoms with E-state index in [1.165, 1.54) is 19.3 Å². The Kier molecular flexibility index (Phi) is 11.0. The predicted octanol–water partition coefficient (Wildman–Crippen LogP) is 7.03. The van der Waals surface area contributed by atoms with Crippen molar-refractivity contribution in [1.29, 1.82) is 5.26 Å². The molecule has 0 radical (unpaired) electrons. The first-order chi connectivity index (χ1) is 20.9. The van der Waals surface area contributed by atoms with E-state index < -0.39 is 6.03 Å². The standard InChI is InChI=1S/C33H38N6O4/c1-4-5-6-15-39(2)16-8-17-42-31-20-29-28(19-30(31)41-3)32(23(21-34)22-36-29)37-24-11-13-26(14-12-24)43-27-10-7-9-25(18-27)38-33(35)40/h7,9-14,18-20,22H,4-6,8,15-17H2,1-3H3,(H,36,37)(H3,35,38,40). The Morgan fingerprint density at radius 3 is 2.51 bits per heavy atom. The predicted molar refractivity (Wildman–Crippen MR) is 170 cm³/mol. The second-order valence-electron chi connectivity index (χ2n) is 10.2. The maximum atomic E-state index is 11.1. The average molecular weight is 583 g/mol. The number of fused-ring (bicyclic) bond motifs is 1. The summed E-state index contributed by atoms with van der Waals surface area (Å²) in [5, 5.41) is 16.5. The molecule has 0 unspecified atom stereocenters. The van der Waals surface area contributed by atoms with Crippen molar-refractivity contribution in [2.75, 3.05) is 44.5 Å². The van der Waals surface area contributed by atoms with E-state index in [0.717, 1.165) is 30.6 Å². The topological polar surface area (TPSA) is 135 Å². The first kappa shape index (κ1) is 30.9. The third-order valence-corrected chi connectivity index (χ3v) is 6.82. The molecule has 10 nitrogen and oxygen atoms in total. The van der Waals surface area contributed by atoms with Crippen LogP contribution in [0.3, 0.4) is 0 Å². The van der Waals surface area contributed by atoms with Crippen LogP contribution in [0.25, 0.3) is 10.9 Å². The fourth-order valence-electron chi connectivity index (χ4n) is 4.62. The van der Waals surface area contributed by atoms with Gasteiger partial charge in [-0.2, -0.15) is 5.26 Å². The number of nitrogens with one attached hydrogen (secondary N) is 2. The molecule has 0 aliphatic heterocycles. The number of urea groups is 1. The zero-order valence-electron chi connectivity index (χ0n) is 24.9. The normalized spacial score (nSPS) is 10.8. The van der Waals surface area contributed by atoms with Crippen molar-refractivity contribution in [2.45, 2.75) is 32.6 Å². The largest absolute Gasteiger partial charge is 0.493 e. The number of carbonyl (C=O) groups excluding carboxylic acids is 1. The summed E-state index contributed by atoms with van der Waals surface area (Å²) >= 11 is 0. The Hall–Kier alpha value is -5.01. The zero-order chi connectivity index (χ0) is 30.6. The molecule has 4 rings (SSSR count). The highest BCUT2D eigenvalue weighted by atomic mass is 16.5. The number of hydrogen-bond donors (Lipinski definition) is 3. The van der Waals surface area contributed by atoms with E-state index >= 15 is 0 Å². The molecule has 0 spiro atoms. The molecule has 43 heavy (non-hydrogen) atoms. The van der Waals surface area contributed by atoms with Crippen LogP contribution in [0.2, 0.25) is 0 Å². The fraction of sp³-hybridized carbons (Fsp3) is 0.303. The summed E-state index contributed by atoms with van der Waals surface area (Å²) in [4.78, 5) is 18.0. The van der Waals surface area contributed by atoms with Gasteiger partial charge in [-0.15, -0.1) is 0 Å². The quantitative estimate of drug-likeness (QED) is 0.127. The minimum atomic E-state index is -0.647. The van der Waals surface area contributed by atoms with Crippen molar-refractivity contribution in [1.82, 2.24) is 9.88 Å². The lowest BCUT2D eigenvalue weighted by atomic mass is 10.1. The summed E-state index contributed by atoms with van der Waals surface area (Å²) in [7, 11) is 3.74. The number of primary amides is 1. The first-order valence-corrected chi connectivity index (χ1v) is 14.3. The number of ether oxygens (including phenoxy) is 3. The van der Waals surface area contributed by atoms with Gasteiger partial charge in [-0.05, 0) is 68.9 Å². The smallest absolute Gasteiger partial charge is 0.316 e. The Morgan fingerprint density at radius 1 is 1.00 bits per heavy atom. The van der Waals surface area contributed by atoms with E-state index in [9.17, 15) is 10.1 Å². The van der Waals surface area contributed by atoms with Gasteiger partial charge in [-0.25, -0.2) is 4.79 Å². The maximum Gasteiger partial charge on any atom is 0.316 e. The molecule has 224 valence electrons. The van der Waals surface area contributed by atoms with Gasteiger partial charge < -0.3 is 35.5 Å². The molecule has 1 heterocycles. The van der Waals surface area contributed by atoms with Gasteiger partial charge in [0.15, 0.2) is 11.5 Å². The number of methoxy groups -OCH3 is 1. The van der Waals surface area contributed by atoms with Crippen LogP contribution >= 0.6 is 0 Å². The molecule has 4 N–H and O–H groups in total. The molecule has 3 aromatic carbocycles. The Morgan fingerprint density at radius 2 is 1.79 bits per heavy atom. The summed E-state index contributed by atoms with van der Waals surface area (Å²) in [6, 6.07) is 19.5. The van der Waals surface area contributed by atoms with Crippen molar-refractivity contribution in [3.05, 3.63) is 72.4 Å². The SMILES string of the molecule is CCCCCN(C)CCCOc1cc2ncc(C#N)c(Nc3ccc(Oc4cccc(NC(N)=O)c4)cc3)c2cc1OC. The van der Waals surface area contributed by atoms with Gasteiger partial charge in [0.2, 0.25) is 0 Å². The number of nitrogens with zero attached hydrogens (tertiary/aromatic N) is 3. The monoisotopic (exact) mass is 582 g/mol. The van der Waals surface area contributed by atoms with E-state index in [0.29, 0.717) is 52.1 Å². The number of nitriles is 1. The van der Waals surface area contributed by atoms with Crippen LogP contribution in [0.4, 0.5) is 21.9 Å². The van der Waals surface area contributed by atoms with Gasteiger partial charge in [-0.3, -0.25) is 4.98 Å². The third kappa shape index (κ3) is 8.74. The second kappa shape index (κ2) is 15.3. The highest BCUT2D eigenvalue weighted by molar-refractivity contribution is 5.97. The highest BCUT2D eigenvalue weighted by Crippen LogP contribution is 2.37. The molecule has 0 saturated carbocycles. The van der Waals surface area contributed by atoms with E-state index in [2.05, 4.69) is 40.6 Å². The van der Waals surface area contributed by atoms with Crippen LogP contribution in [0.15, 0.2) is 66.9 Å². The van der Waals surface area contributed by atoms with Gasteiger partial charge >= 0.3 is 6.03 Å². The number of carbonyl (C=O) groups is 1. The number of unbranched alkanes of at least 4 members (excludes halogenated alkanes) is 2. The number of amides is 2. The van der Waals surface area contributed by atoms with Crippen LogP contribution in [0.5, 0.6) is 23.0 Å². The number of nitrogens with two attached hydrogens (primary N) is 1. The van der Waals surface area contributed by atoms with Crippen LogP contribution in [0.1, 0.15) is 38.2 Å². The molecular weight excluding hydrogens is 544 g/mol. The number of anilines is 3. The summed E-state index contributed by atoms with van der Waals surface area (Å²) in [6.45, 7) is 4.82. The van der Waals surface area contributed by atoms with Crippen LogP contribution in [-0.2, 0) is 0 Å². The van der Waals surface area contributed by atoms with Gasteiger partial charge in [0.25, 0.3) is 0 Å². The van der Waals surface area contributed by atoms with E-state index in [4.69, 9.17) is 19.9 Å². The van der Waals surface area contributed by atoms with E-state index in [-0.39, 0.29) is 0 Å². The number of benzene rings is 3. The lowest BCUT2D eigenvalue weighted by molar-refractivity contribution is 0.252.